The Hall–Kier alpha value is -4.36. The Morgan fingerprint density at radius 1 is 0.778 bits per heavy atom. The van der Waals surface area contributed by atoms with Crippen LogP contribution in [-0.2, 0) is 6.18 Å². The molecule has 0 heterocycles. The van der Waals surface area contributed by atoms with Crippen LogP contribution in [0, 0.1) is 11.6 Å². The maximum atomic E-state index is 14.2. The molecule has 0 bridgehead atoms. The summed E-state index contributed by atoms with van der Waals surface area (Å²) >= 11 is 0. The number of rotatable bonds is 6. The predicted molar refractivity (Wildman–Crippen MR) is 107 cm³/mol. The summed E-state index contributed by atoms with van der Waals surface area (Å²) in [5.74, 6) is -7.04. The van der Waals surface area contributed by atoms with E-state index in [9.17, 15) is 44.7 Å². The van der Waals surface area contributed by atoms with Crippen molar-refractivity contribution in [1.82, 2.24) is 0 Å². The molecule has 0 aliphatic rings. The maximum Gasteiger partial charge on any atom is 0.573 e. The molecule has 190 valence electrons. The summed E-state index contributed by atoms with van der Waals surface area (Å²) in [5, 5.41) is 2.14. The van der Waals surface area contributed by atoms with E-state index in [1.54, 1.807) is 0 Å². The van der Waals surface area contributed by atoms with E-state index in [1.807, 2.05) is 0 Å². The Morgan fingerprint density at radius 3 is 1.94 bits per heavy atom. The van der Waals surface area contributed by atoms with Crippen LogP contribution in [0.4, 0.5) is 40.8 Å². The number of alkyl halides is 6. The number of hydrogen-bond acceptors (Lipinski definition) is 4. The monoisotopic (exact) mass is 520 g/mol. The quantitative estimate of drug-likeness (QED) is 0.389. The first-order chi connectivity index (χ1) is 16.6. The van der Waals surface area contributed by atoms with Crippen LogP contribution in [0.25, 0.3) is 0 Å². The number of benzene rings is 3. The third-order valence-corrected chi connectivity index (χ3v) is 4.39. The van der Waals surface area contributed by atoms with E-state index in [0.717, 1.165) is 42.5 Å². The first kappa shape index (κ1) is 26.2. The van der Waals surface area contributed by atoms with Gasteiger partial charge in [0.25, 0.3) is 11.8 Å². The fourth-order valence-electron chi connectivity index (χ4n) is 2.86. The second-order valence-corrected chi connectivity index (χ2v) is 6.96. The molecule has 0 saturated carbocycles. The molecule has 0 radical (unpaired) electrons. The summed E-state index contributed by atoms with van der Waals surface area (Å²) in [6.07, 6.45) is -10.2. The van der Waals surface area contributed by atoms with Crippen molar-refractivity contribution in [2.45, 2.75) is 12.5 Å². The molecule has 3 rings (SSSR count). The topological polar surface area (TPSA) is 90.7 Å². The van der Waals surface area contributed by atoms with Crippen LogP contribution in [0.1, 0.15) is 26.3 Å². The molecular weight excluding hydrogens is 508 g/mol. The van der Waals surface area contributed by atoms with Gasteiger partial charge in [-0.25, -0.2) is 8.78 Å². The van der Waals surface area contributed by atoms with Gasteiger partial charge in [-0.2, -0.15) is 13.2 Å². The molecule has 0 saturated heterocycles. The van der Waals surface area contributed by atoms with Crippen LogP contribution in [0.2, 0.25) is 0 Å². The number of nitrogens with one attached hydrogen (secondary N) is 1. The number of halogens is 8. The number of carbonyl (C=O) groups is 2. The highest BCUT2D eigenvalue weighted by Crippen LogP contribution is 2.38. The number of ether oxygens (including phenoxy) is 2. The highest BCUT2D eigenvalue weighted by atomic mass is 19.4. The minimum Gasteiger partial charge on any atom is -0.457 e. The van der Waals surface area contributed by atoms with Crippen LogP contribution >= 0.6 is 0 Å². The molecule has 2 amide bonds. The average molecular weight is 520 g/mol. The molecule has 0 aliphatic heterocycles. The Balaban J connectivity index is 1.98. The summed E-state index contributed by atoms with van der Waals surface area (Å²) in [6, 6.07) is 6.43. The number of amides is 2. The van der Waals surface area contributed by atoms with Crippen LogP contribution in [-0.4, -0.2) is 18.2 Å². The first-order valence-electron chi connectivity index (χ1n) is 9.49. The van der Waals surface area contributed by atoms with Crippen molar-refractivity contribution in [3.8, 4) is 17.2 Å². The molecule has 14 heteroatoms. The lowest BCUT2D eigenvalue weighted by Crippen LogP contribution is -2.18. The summed E-state index contributed by atoms with van der Waals surface area (Å²) < 4.78 is 113. The molecule has 3 aromatic rings. The van der Waals surface area contributed by atoms with Crippen molar-refractivity contribution in [3.05, 3.63) is 82.9 Å². The number of primary amides is 1. The lowest BCUT2D eigenvalue weighted by Gasteiger charge is -2.16. The van der Waals surface area contributed by atoms with Gasteiger partial charge in [0.05, 0.1) is 16.7 Å². The highest BCUT2D eigenvalue weighted by molar-refractivity contribution is 6.07. The molecule has 0 aromatic heterocycles. The molecule has 0 fully saturated rings. The average Bonchev–Trinajstić information content (AvgIpc) is 2.75. The van der Waals surface area contributed by atoms with Crippen molar-refractivity contribution in [3.63, 3.8) is 0 Å². The van der Waals surface area contributed by atoms with E-state index >= 15 is 0 Å². The van der Waals surface area contributed by atoms with E-state index in [1.165, 1.54) is 0 Å². The fraction of sp³-hybridized carbons (Fsp3) is 0.0909. The van der Waals surface area contributed by atoms with Gasteiger partial charge in [0.15, 0.2) is 0 Å². The van der Waals surface area contributed by atoms with Crippen LogP contribution in [0.5, 0.6) is 17.2 Å². The summed E-state index contributed by atoms with van der Waals surface area (Å²) in [7, 11) is 0. The number of carbonyl (C=O) groups excluding carboxylic acids is 2. The van der Waals surface area contributed by atoms with E-state index in [2.05, 4.69) is 10.1 Å². The SMILES string of the molecule is NC(=O)c1cc(NC(=O)c2cc(F)c(C(F)(F)F)cc2Oc2ccc(OC(F)(F)F)cc2)ccc1F. The van der Waals surface area contributed by atoms with Crippen LogP contribution in [0.15, 0.2) is 54.6 Å². The molecular formula is C22H12F8N2O4. The molecule has 36 heavy (non-hydrogen) atoms. The molecule has 0 unspecified atom stereocenters. The summed E-state index contributed by atoms with van der Waals surface area (Å²) in [5.41, 5.74) is 1.65. The van der Waals surface area contributed by atoms with Gasteiger partial charge in [-0.15, -0.1) is 13.2 Å². The zero-order valence-corrected chi connectivity index (χ0v) is 17.4. The van der Waals surface area contributed by atoms with Crippen LogP contribution < -0.4 is 20.5 Å². The van der Waals surface area contributed by atoms with Gasteiger partial charge in [0.1, 0.15) is 28.9 Å². The third-order valence-electron chi connectivity index (χ3n) is 4.39. The predicted octanol–water partition coefficient (Wildman–Crippen LogP) is 6.03. The molecule has 3 aromatic carbocycles. The minimum atomic E-state index is -5.19. The normalized spacial score (nSPS) is 11.7. The fourth-order valence-corrected chi connectivity index (χ4v) is 2.86. The number of hydrogen-bond donors (Lipinski definition) is 2. The standard InChI is InChI=1S/C22H12F8N2O4/c23-16-6-1-10(7-13(16)19(31)33)32-20(34)14-8-17(24)15(21(25,26)27)9-18(14)35-11-2-4-12(5-3-11)36-22(28,29)30/h1-9H,(H2,31,33)(H,32,34). The largest absolute Gasteiger partial charge is 0.573 e. The molecule has 3 N–H and O–H groups in total. The van der Waals surface area contributed by atoms with Crippen molar-refractivity contribution >= 4 is 17.5 Å². The summed E-state index contributed by atoms with van der Waals surface area (Å²) in [4.78, 5) is 24.0. The summed E-state index contributed by atoms with van der Waals surface area (Å²) in [6.45, 7) is 0. The van der Waals surface area contributed by atoms with Gasteiger partial charge in [-0.05, 0) is 54.6 Å². The molecule has 0 atom stereocenters. The van der Waals surface area contributed by atoms with Crippen molar-refractivity contribution in [2.75, 3.05) is 5.32 Å². The van der Waals surface area contributed by atoms with E-state index in [-0.39, 0.29) is 23.6 Å². The smallest absolute Gasteiger partial charge is 0.457 e. The highest BCUT2D eigenvalue weighted by Gasteiger charge is 2.36. The van der Waals surface area contributed by atoms with Crippen molar-refractivity contribution in [1.29, 1.82) is 0 Å². The minimum absolute atomic E-state index is 0.184. The third kappa shape index (κ3) is 6.40. The van der Waals surface area contributed by atoms with Gasteiger partial charge in [-0.1, -0.05) is 0 Å². The number of anilines is 1. The zero-order valence-electron chi connectivity index (χ0n) is 17.4. The van der Waals surface area contributed by atoms with Gasteiger partial charge in [0.2, 0.25) is 0 Å². The van der Waals surface area contributed by atoms with E-state index in [0.29, 0.717) is 0 Å². The van der Waals surface area contributed by atoms with Gasteiger partial charge < -0.3 is 20.5 Å². The second-order valence-electron chi connectivity index (χ2n) is 6.96. The maximum absolute atomic E-state index is 14.2. The Kier molecular flexibility index (Phi) is 7.08. The Labute approximate surface area is 196 Å². The Bertz CT molecular complexity index is 1310. The first-order valence-corrected chi connectivity index (χ1v) is 9.49. The second kappa shape index (κ2) is 9.71. The zero-order chi connectivity index (χ0) is 26.8. The van der Waals surface area contributed by atoms with Crippen molar-refractivity contribution < 1.29 is 54.2 Å². The van der Waals surface area contributed by atoms with Crippen LogP contribution in [0.3, 0.4) is 0 Å². The number of nitrogens with two attached hydrogens (primary N) is 1. The van der Waals surface area contributed by atoms with Gasteiger partial charge in [0, 0.05) is 5.69 Å². The van der Waals surface area contributed by atoms with Crippen molar-refractivity contribution in [2.24, 2.45) is 5.73 Å². The van der Waals surface area contributed by atoms with E-state index < -0.39 is 64.2 Å². The van der Waals surface area contributed by atoms with E-state index in [4.69, 9.17) is 10.5 Å². The molecule has 0 aliphatic carbocycles. The lowest BCUT2D eigenvalue weighted by atomic mass is 10.1. The lowest BCUT2D eigenvalue weighted by molar-refractivity contribution is -0.274. The molecule has 0 spiro atoms. The molecule has 6 nitrogen and oxygen atoms in total. The van der Waals surface area contributed by atoms with Gasteiger partial charge >= 0.3 is 12.5 Å². The Morgan fingerprint density at radius 2 is 1.39 bits per heavy atom. The van der Waals surface area contributed by atoms with Gasteiger partial charge in [-0.3, -0.25) is 9.59 Å².